The summed E-state index contributed by atoms with van der Waals surface area (Å²) < 4.78 is 27.3. The number of nitrogens with one attached hydrogen (secondary N) is 1. The molecule has 0 aliphatic heterocycles. The average Bonchev–Trinajstić information content (AvgIpc) is 2.43. The van der Waals surface area contributed by atoms with Gasteiger partial charge in [-0.1, -0.05) is 23.7 Å². The summed E-state index contributed by atoms with van der Waals surface area (Å²) >= 11 is 5.96. The van der Waals surface area contributed by atoms with Crippen LogP contribution in [0, 0.1) is 25.2 Å². The van der Waals surface area contributed by atoms with E-state index in [1.165, 1.54) is 18.2 Å². The third-order valence-corrected chi connectivity index (χ3v) is 5.05. The summed E-state index contributed by atoms with van der Waals surface area (Å²) in [7, 11) is -3.80. The van der Waals surface area contributed by atoms with E-state index in [1.807, 2.05) is 26.0 Å². The van der Waals surface area contributed by atoms with Crippen LogP contribution in [0.3, 0.4) is 0 Å². The monoisotopic (exact) mass is 320 g/mol. The van der Waals surface area contributed by atoms with E-state index < -0.39 is 10.0 Å². The molecule has 0 heterocycles. The number of nitrogens with zero attached hydrogens (tertiary/aromatic N) is 1. The van der Waals surface area contributed by atoms with E-state index in [0.29, 0.717) is 11.3 Å². The molecule has 4 nitrogen and oxygen atoms in total. The maximum atomic E-state index is 12.4. The van der Waals surface area contributed by atoms with E-state index in [-0.39, 0.29) is 9.92 Å². The summed E-state index contributed by atoms with van der Waals surface area (Å²) in [4.78, 5) is -0.0518. The minimum absolute atomic E-state index is 0.0202. The maximum Gasteiger partial charge on any atom is 0.263 e. The summed E-state index contributed by atoms with van der Waals surface area (Å²) in [6.45, 7) is 3.75. The highest BCUT2D eigenvalue weighted by Crippen LogP contribution is 2.26. The van der Waals surface area contributed by atoms with Crippen LogP contribution < -0.4 is 4.72 Å². The highest BCUT2D eigenvalue weighted by molar-refractivity contribution is 7.92. The number of halogens is 1. The molecule has 0 spiro atoms. The molecule has 1 N–H and O–H groups in total. The molecule has 0 bridgehead atoms. The van der Waals surface area contributed by atoms with Crippen LogP contribution in [0.2, 0.25) is 5.02 Å². The molecule has 2 aromatic rings. The fourth-order valence-corrected chi connectivity index (χ4v) is 3.52. The van der Waals surface area contributed by atoms with Crippen LogP contribution >= 0.6 is 11.6 Å². The lowest BCUT2D eigenvalue weighted by atomic mass is 10.1. The van der Waals surface area contributed by atoms with Crippen molar-refractivity contribution in [3.8, 4) is 6.07 Å². The molecule has 0 saturated heterocycles. The minimum atomic E-state index is -3.80. The van der Waals surface area contributed by atoms with Gasteiger partial charge in [0, 0.05) is 0 Å². The average molecular weight is 321 g/mol. The second-order valence-corrected chi connectivity index (χ2v) is 6.67. The van der Waals surface area contributed by atoms with E-state index in [0.717, 1.165) is 11.1 Å². The molecule has 0 aliphatic carbocycles. The van der Waals surface area contributed by atoms with Gasteiger partial charge >= 0.3 is 0 Å². The van der Waals surface area contributed by atoms with Crippen LogP contribution in [0.15, 0.2) is 41.3 Å². The van der Waals surface area contributed by atoms with Crippen LogP contribution in [0.4, 0.5) is 5.69 Å². The van der Waals surface area contributed by atoms with Crippen molar-refractivity contribution in [2.24, 2.45) is 0 Å². The molecular weight excluding hydrogens is 308 g/mol. The quantitative estimate of drug-likeness (QED) is 0.938. The topological polar surface area (TPSA) is 70.0 Å². The maximum absolute atomic E-state index is 12.4. The number of sulfonamides is 1. The number of anilines is 1. The Morgan fingerprint density at radius 3 is 2.52 bits per heavy atom. The zero-order valence-corrected chi connectivity index (χ0v) is 13.1. The van der Waals surface area contributed by atoms with Crippen molar-refractivity contribution in [3.63, 3.8) is 0 Å². The van der Waals surface area contributed by atoms with E-state index in [4.69, 9.17) is 16.9 Å². The van der Waals surface area contributed by atoms with Gasteiger partial charge in [-0.2, -0.15) is 5.26 Å². The van der Waals surface area contributed by atoms with Crippen molar-refractivity contribution in [2.45, 2.75) is 18.7 Å². The van der Waals surface area contributed by atoms with Crippen molar-refractivity contribution < 1.29 is 8.42 Å². The van der Waals surface area contributed by atoms with Gasteiger partial charge in [-0.25, -0.2) is 8.42 Å². The number of nitriles is 1. The normalized spacial score (nSPS) is 11.0. The third kappa shape index (κ3) is 3.18. The number of benzene rings is 2. The van der Waals surface area contributed by atoms with Crippen LogP contribution in [0.1, 0.15) is 16.7 Å². The smallest absolute Gasteiger partial charge is 0.263 e. The Bertz CT molecular complexity index is 839. The Morgan fingerprint density at radius 1 is 1.19 bits per heavy atom. The largest absolute Gasteiger partial charge is 0.279 e. The van der Waals surface area contributed by atoms with Crippen molar-refractivity contribution in [2.75, 3.05) is 4.72 Å². The molecule has 2 rings (SSSR count). The molecule has 0 fully saturated rings. The molecular formula is C15H13ClN2O2S. The first kappa shape index (κ1) is 15.4. The zero-order valence-electron chi connectivity index (χ0n) is 11.5. The number of aryl methyl sites for hydroxylation is 1. The molecule has 108 valence electrons. The molecule has 2 aromatic carbocycles. The molecule has 6 heteroatoms. The lowest BCUT2D eigenvalue weighted by Gasteiger charge is -2.13. The lowest BCUT2D eigenvalue weighted by molar-refractivity contribution is 0.601. The molecule has 0 aliphatic rings. The van der Waals surface area contributed by atoms with Crippen molar-refractivity contribution in [1.82, 2.24) is 0 Å². The van der Waals surface area contributed by atoms with Gasteiger partial charge in [0.25, 0.3) is 10.0 Å². The minimum Gasteiger partial charge on any atom is -0.279 e. The first-order valence-electron chi connectivity index (χ1n) is 6.14. The number of rotatable bonds is 3. The van der Waals surface area contributed by atoms with E-state index in [9.17, 15) is 8.42 Å². The highest BCUT2D eigenvalue weighted by atomic mass is 35.5. The van der Waals surface area contributed by atoms with Crippen LogP contribution in [0.25, 0.3) is 0 Å². The molecule has 0 aromatic heterocycles. The van der Waals surface area contributed by atoms with Crippen LogP contribution in [0.5, 0.6) is 0 Å². The SMILES string of the molecule is Cc1cccc(NS(=O)(=O)c2ccc(C#N)cc2Cl)c1C. The summed E-state index contributed by atoms with van der Waals surface area (Å²) in [6.07, 6.45) is 0. The number of hydrogen-bond acceptors (Lipinski definition) is 3. The van der Waals surface area contributed by atoms with Crippen molar-refractivity contribution >= 4 is 27.3 Å². The second kappa shape index (κ2) is 5.76. The summed E-state index contributed by atoms with van der Waals surface area (Å²) in [5, 5.41) is 8.80. The zero-order chi connectivity index (χ0) is 15.6. The van der Waals surface area contributed by atoms with Gasteiger partial charge in [-0.3, -0.25) is 4.72 Å². The van der Waals surface area contributed by atoms with Gasteiger partial charge in [0.05, 0.1) is 22.3 Å². The fourth-order valence-electron chi connectivity index (χ4n) is 1.85. The summed E-state index contributed by atoms with van der Waals surface area (Å²) in [6, 6.07) is 11.4. The highest BCUT2D eigenvalue weighted by Gasteiger charge is 2.19. The molecule has 0 amide bonds. The van der Waals surface area contributed by atoms with Gasteiger partial charge in [0.15, 0.2) is 0 Å². The summed E-state index contributed by atoms with van der Waals surface area (Å²) in [5.41, 5.74) is 2.66. The molecule has 0 atom stereocenters. The van der Waals surface area contributed by atoms with Gasteiger partial charge < -0.3 is 0 Å². The molecule has 0 saturated carbocycles. The Morgan fingerprint density at radius 2 is 1.90 bits per heavy atom. The van der Waals surface area contributed by atoms with E-state index in [1.54, 1.807) is 12.1 Å². The predicted octanol–water partition coefficient (Wildman–Crippen LogP) is 3.63. The molecule has 0 unspecified atom stereocenters. The van der Waals surface area contributed by atoms with Crippen LogP contribution in [-0.4, -0.2) is 8.42 Å². The molecule has 21 heavy (non-hydrogen) atoms. The second-order valence-electron chi connectivity index (χ2n) is 4.61. The van der Waals surface area contributed by atoms with E-state index in [2.05, 4.69) is 4.72 Å². The fraction of sp³-hybridized carbons (Fsp3) is 0.133. The lowest BCUT2D eigenvalue weighted by Crippen LogP contribution is -2.14. The predicted molar refractivity (Wildman–Crippen MR) is 82.9 cm³/mol. The van der Waals surface area contributed by atoms with Gasteiger partial charge in [0.1, 0.15) is 4.90 Å². The van der Waals surface area contributed by atoms with Crippen molar-refractivity contribution in [3.05, 3.63) is 58.1 Å². The summed E-state index contributed by atoms with van der Waals surface area (Å²) in [5.74, 6) is 0. The van der Waals surface area contributed by atoms with Crippen LogP contribution in [-0.2, 0) is 10.0 Å². The Balaban J connectivity index is 2.44. The Labute approximate surface area is 129 Å². The van der Waals surface area contributed by atoms with Gasteiger partial charge in [-0.05, 0) is 49.2 Å². The molecule has 0 radical (unpaired) electrons. The first-order chi connectivity index (χ1) is 9.85. The first-order valence-corrected chi connectivity index (χ1v) is 8.00. The Hall–Kier alpha value is -2.03. The van der Waals surface area contributed by atoms with E-state index >= 15 is 0 Å². The third-order valence-electron chi connectivity index (χ3n) is 3.20. The standard InChI is InChI=1S/C15H13ClN2O2S/c1-10-4-3-5-14(11(10)2)18-21(19,20)15-7-6-12(9-17)8-13(15)16/h3-8,18H,1-2H3. The van der Waals surface area contributed by atoms with Gasteiger partial charge in [-0.15, -0.1) is 0 Å². The Kier molecular flexibility index (Phi) is 4.21. The van der Waals surface area contributed by atoms with Crippen molar-refractivity contribution in [1.29, 1.82) is 5.26 Å². The van der Waals surface area contributed by atoms with Gasteiger partial charge in [0.2, 0.25) is 0 Å². The number of hydrogen-bond donors (Lipinski definition) is 1.